The van der Waals surface area contributed by atoms with Crippen molar-refractivity contribution in [2.45, 2.75) is 39.2 Å². The van der Waals surface area contributed by atoms with Crippen LogP contribution in [0.25, 0.3) is 6.08 Å². The van der Waals surface area contributed by atoms with Gasteiger partial charge in [0.2, 0.25) is 11.8 Å². The maximum absolute atomic E-state index is 12.0. The van der Waals surface area contributed by atoms with E-state index in [1.165, 1.54) is 0 Å². The largest absolute Gasteiger partial charge is 0.355 e. The molecule has 0 atom stereocenters. The van der Waals surface area contributed by atoms with Crippen LogP contribution in [0.5, 0.6) is 0 Å². The van der Waals surface area contributed by atoms with Gasteiger partial charge in [0, 0.05) is 37.1 Å². The van der Waals surface area contributed by atoms with Gasteiger partial charge in [0.25, 0.3) is 0 Å². The van der Waals surface area contributed by atoms with E-state index in [1.807, 2.05) is 19.2 Å². The molecule has 0 saturated carbocycles. The molecule has 132 valence electrons. The number of aromatic nitrogens is 1. The first-order chi connectivity index (χ1) is 11.6. The van der Waals surface area contributed by atoms with Crippen LogP contribution in [-0.4, -0.2) is 53.9 Å². The summed E-state index contributed by atoms with van der Waals surface area (Å²) < 4.78 is 0. The molecule has 0 aromatic carbocycles. The molecule has 24 heavy (non-hydrogen) atoms. The fourth-order valence-corrected chi connectivity index (χ4v) is 3.21. The van der Waals surface area contributed by atoms with Crippen molar-refractivity contribution < 1.29 is 9.59 Å². The fraction of sp³-hybridized carbons (Fsp3) is 0.588. The second-order valence-electron chi connectivity index (χ2n) is 6.03. The summed E-state index contributed by atoms with van der Waals surface area (Å²) in [6.07, 6.45) is 5.98. The lowest BCUT2D eigenvalue weighted by molar-refractivity contribution is -0.123. The zero-order valence-corrected chi connectivity index (χ0v) is 15.2. The molecule has 2 amide bonds. The van der Waals surface area contributed by atoms with E-state index in [2.05, 4.69) is 20.5 Å². The highest BCUT2D eigenvalue weighted by atomic mass is 32.1. The first kappa shape index (κ1) is 18.6. The van der Waals surface area contributed by atoms with Crippen LogP contribution in [0.15, 0.2) is 11.5 Å². The molecule has 2 N–H and O–H groups in total. The van der Waals surface area contributed by atoms with E-state index in [9.17, 15) is 9.59 Å². The Morgan fingerprint density at radius 1 is 1.42 bits per heavy atom. The molecule has 0 aliphatic carbocycles. The van der Waals surface area contributed by atoms with Crippen LogP contribution in [0.1, 0.15) is 36.9 Å². The molecule has 2 heterocycles. The number of carbonyl (C=O) groups excluding carboxylic acids is 2. The first-order valence-corrected chi connectivity index (χ1v) is 9.34. The van der Waals surface area contributed by atoms with Crippen LogP contribution in [-0.2, 0) is 9.59 Å². The summed E-state index contributed by atoms with van der Waals surface area (Å²) in [6.45, 7) is 6.83. The lowest BCUT2D eigenvalue weighted by Gasteiger charge is -2.31. The Kier molecular flexibility index (Phi) is 7.39. The van der Waals surface area contributed by atoms with Gasteiger partial charge in [0.1, 0.15) is 0 Å². The second kappa shape index (κ2) is 9.54. The first-order valence-electron chi connectivity index (χ1n) is 8.46. The maximum atomic E-state index is 12.0. The third-order valence-corrected chi connectivity index (χ3v) is 4.71. The topological polar surface area (TPSA) is 74.3 Å². The van der Waals surface area contributed by atoms with Crippen LogP contribution < -0.4 is 10.6 Å². The number of carbonyl (C=O) groups is 2. The molecule has 1 saturated heterocycles. The average molecular weight is 350 g/mol. The summed E-state index contributed by atoms with van der Waals surface area (Å²) in [5.74, 6) is 0.000571. The Bertz CT molecular complexity index is 577. The molecule has 1 aromatic heterocycles. The van der Waals surface area contributed by atoms with Crippen molar-refractivity contribution in [1.82, 2.24) is 20.5 Å². The zero-order valence-electron chi connectivity index (χ0n) is 14.4. The third kappa shape index (κ3) is 6.41. The van der Waals surface area contributed by atoms with Crippen molar-refractivity contribution in [2.24, 2.45) is 0 Å². The normalized spacial score (nSPS) is 16.4. The minimum Gasteiger partial charge on any atom is -0.355 e. The summed E-state index contributed by atoms with van der Waals surface area (Å²) in [7, 11) is 0. The smallest absolute Gasteiger partial charge is 0.244 e. The van der Waals surface area contributed by atoms with E-state index in [-0.39, 0.29) is 17.9 Å². The number of aryl methyl sites for hydroxylation is 1. The number of rotatable bonds is 7. The Morgan fingerprint density at radius 3 is 2.79 bits per heavy atom. The zero-order chi connectivity index (χ0) is 17.4. The number of likely N-dealkylation sites (tertiary alicyclic amines) is 1. The molecule has 6 nitrogen and oxygen atoms in total. The van der Waals surface area contributed by atoms with Crippen molar-refractivity contribution in [3.63, 3.8) is 0 Å². The molecular formula is C17H26N4O2S. The second-order valence-corrected chi connectivity index (χ2v) is 7.10. The van der Waals surface area contributed by atoms with E-state index in [0.29, 0.717) is 6.54 Å². The highest BCUT2D eigenvalue weighted by Crippen LogP contribution is 2.11. The molecule has 0 radical (unpaired) electrons. The summed E-state index contributed by atoms with van der Waals surface area (Å²) in [6, 6.07) is 0.175. The summed E-state index contributed by atoms with van der Waals surface area (Å²) in [5, 5.41) is 8.84. The molecule has 0 spiro atoms. The Hall–Kier alpha value is -1.73. The minimum atomic E-state index is -0.0835. The molecule has 0 bridgehead atoms. The molecule has 7 heteroatoms. The Balaban J connectivity index is 1.68. The van der Waals surface area contributed by atoms with Gasteiger partial charge in [0.15, 0.2) is 0 Å². The highest BCUT2D eigenvalue weighted by Gasteiger charge is 2.21. The Morgan fingerprint density at radius 2 is 2.17 bits per heavy atom. The summed E-state index contributed by atoms with van der Waals surface area (Å²) in [5.41, 5.74) is 0.820. The van der Waals surface area contributed by atoms with E-state index >= 15 is 0 Å². The number of piperidine rings is 1. The minimum absolute atomic E-state index is 0.0835. The van der Waals surface area contributed by atoms with Crippen molar-refractivity contribution in [2.75, 3.05) is 26.2 Å². The number of thiazole rings is 1. The number of hydrogen-bond donors (Lipinski definition) is 2. The monoisotopic (exact) mass is 350 g/mol. The lowest BCUT2D eigenvalue weighted by atomic mass is 10.0. The van der Waals surface area contributed by atoms with Crippen LogP contribution >= 0.6 is 11.3 Å². The van der Waals surface area contributed by atoms with Gasteiger partial charge in [-0.1, -0.05) is 6.92 Å². The number of nitrogens with zero attached hydrogens (tertiary/aromatic N) is 2. The average Bonchev–Trinajstić information content (AvgIpc) is 2.98. The van der Waals surface area contributed by atoms with Gasteiger partial charge < -0.3 is 10.6 Å². The van der Waals surface area contributed by atoms with E-state index in [1.54, 1.807) is 23.5 Å². The summed E-state index contributed by atoms with van der Waals surface area (Å²) in [4.78, 5) is 30.1. The predicted octanol–water partition coefficient (Wildman–Crippen LogP) is 1.57. The predicted molar refractivity (Wildman–Crippen MR) is 96.8 cm³/mol. The van der Waals surface area contributed by atoms with E-state index in [4.69, 9.17) is 0 Å². The number of hydrogen-bond acceptors (Lipinski definition) is 5. The molecular weight excluding hydrogens is 324 g/mol. The van der Waals surface area contributed by atoms with Crippen LogP contribution in [0.2, 0.25) is 0 Å². The van der Waals surface area contributed by atoms with Crippen LogP contribution in [0.4, 0.5) is 0 Å². The molecule has 2 rings (SSSR count). The third-order valence-electron chi connectivity index (χ3n) is 3.92. The van der Waals surface area contributed by atoms with Gasteiger partial charge in [-0.3, -0.25) is 14.5 Å². The van der Waals surface area contributed by atoms with Gasteiger partial charge in [-0.25, -0.2) is 4.98 Å². The van der Waals surface area contributed by atoms with Gasteiger partial charge in [-0.05, 0) is 32.3 Å². The number of nitrogens with one attached hydrogen (secondary N) is 2. The maximum Gasteiger partial charge on any atom is 0.244 e. The standard InChI is InChI=1S/C17H26N4O2S/c1-3-8-18-17(23)11-21-9-6-14(7-10-21)20-16(22)5-4-15-12-24-13(2)19-15/h4-5,12,14H,3,6-11H2,1-2H3,(H,18,23)(H,20,22)/b5-4+. The van der Waals surface area contributed by atoms with Gasteiger partial charge in [-0.2, -0.15) is 0 Å². The van der Waals surface area contributed by atoms with Crippen molar-refractivity contribution >= 4 is 29.2 Å². The van der Waals surface area contributed by atoms with Crippen molar-refractivity contribution in [3.8, 4) is 0 Å². The quantitative estimate of drug-likeness (QED) is 0.732. The SMILES string of the molecule is CCCNC(=O)CN1CCC(NC(=O)/C=C/c2csc(C)n2)CC1. The highest BCUT2D eigenvalue weighted by molar-refractivity contribution is 7.09. The Labute approximate surface area is 147 Å². The fourth-order valence-electron chi connectivity index (χ4n) is 2.63. The van der Waals surface area contributed by atoms with Crippen molar-refractivity contribution in [1.29, 1.82) is 0 Å². The van der Waals surface area contributed by atoms with Crippen LogP contribution in [0, 0.1) is 6.92 Å². The molecule has 1 aliphatic heterocycles. The molecule has 1 aliphatic rings. The van der Waals surface area contributed by atoms with E-state index < -0.39 is 0 Å². The van der Waals surface area contributed by atoms with Gasteiger partial charge in [-0.15, -0.1) is 11.3 Å². The number of amides is 2. The molecule has 1 fully saturated rings. The molecule has 1 aromatic rings. The van der Waals surface area contributed by atoms with Crippen molar-refractivity contribution in [3.05, 3.63) is 22.2 Å². The lowest BCUT2D eigenvalue weighted by Crippen LogP contribution is -2.47. The summed E-state index contributed by atoms with van der Waals surface area (Å²) >= 11 is 1.57. The molecule has 0 unspecified atom stereocenters. The van der Waals surface area contributed by atoms with Gasteiger partial charge >= 0.3 is 0 Å². The van der Waals surface area contributed by atoms with Gasteiger partial charge in [0.05, 0.1) is 17.2 Å². The van der Waals surface area contributed by atoms with E-state index in [0.717, 1.165) is 49.6 Å². The van der Waals surface area contributed by atoms with Crippen LogP contribution in [0.3, 0.4) is 0 Å².